The topological polar surface area (TPSA) is 115 Å². The van der Waals surface area contributed by atoms with Crippen molar-refractivity contribution in [2.75, 3.05) is 6.61 Å². The van der Waals surface area contributed by atoms with Crippen LogP contribution in [-0.2, 0) is 4.79 Å². The van der Waals surface area contributed by atoms with Crippen LogP contribution in [0.25, 0.3) is 0 Å². The minimum Gasteiger partial charge on any atom is -0.482 e. The van der Waals surface area contributed by atoms with Gasteiger partial charge in [-0.2, -0.15) is 4.98 Å². The first-order valence-electron chi connectivity index (χ1n) is 6.99. The van der Waals surface area contributed by atoms with Crippen molar-refractivity contribution in [2.45, 2.75) is 19.9 Å². The molecule has 2 N–H and O–H groups in total. The molecule has 0 spiro atoms. The van der Waals surface area contributed by atoms with Gasteiger partial charge in [-0.05, 0) is 24.1 Å². The van der Waals surface area contributed by atoms with Crippen LogP contribution in [0.2, 0.25) is 0 Å². The molecule has 0 radical (unpaired) electrons. The lowest BCUT2D eigenvalue weighted by Gasteiger charge is -2.19. The Morgan fingerprint density at radius 3 is 2.78 bits per heavy atom. The van der Waals surface area contributed by atoms with Gasteiger partial charge < -0.3 is 19.7 Å². The highest BCUT2D eigenvalue weighted by atomic mass is 16.5. The van der Waals surface area contributed by atoms with Gasteiger partial charge in [0, 0.05) is 5.56 Å². The minimum atomic E-state index is -1.09. The Balaban J connectivity index is 2.10. The first-order chi connectivity index (χ1) is 11.0. The smallest absolute Gasteiger partial charge is 0.341 e. The summed E-state index contributed by atoms with van der Waals surface area (Å²) >= 11 is 0. The van der Waals surface area contributed by atoms with Crippen LogP contribution in [0.5, 0.6) is 5.75 Å². The molecule has 2 aromatic rings. The van der Waals surface area contributed by atoms with Gasteiger partial charge in [0.2, 0.25) is 6.39 Å². The summed E-state index contributed by atoms with van der Waals surface area (Å²) in [5.74, 6) is -0.665. The summed E-state index contributed by atoms with van der Waals surface area (Å²) in [6, 6.07) is 5.89. The van der Waals surface area contributed by atoms with Crippen LogP contribution in [0.15, 0.2) is 35.2 Å². The molecule has 8 heteroatoms. The fourth-order valence-corrected chi connectivity index (χ4v) is 1.94. The van der Waals surface area contributed by atoms with Gasteiger partial charge in [0.15, 0.2) is 12.4 Å². The molecule has 0 fully saturated rings. The molecule has 1 aromatic heterocycles. The van der Waals surface area contributed by atoms with Crippen LogP contribution >= 0.6 is 0 Å². The summed E-state index contributed by atoms with van der Waals surface area (Å²) in [5, 5.41) is 15.2. The number of nitrogens with zero attached hydrogens (tertiary/aromatic N) is 2. The molecule has 0 saturated heterocycles. The summed E-state index contributed by atoms with van der Waals surface area (Å²) in [6.45, 7) is 3.38. The highest BCUT2D eigenvalue weighted by molar-refractivity contribution is 5.94. The van der Waals surface area contributed by atoms with E-state index in [1.165, 1.54) is 12.5 Å². The molecule has 2 rings (SSSR count). The van der Waals surface area contributed by atoms with Crippen LogP contribution < -0.4 is 10.1 Å². The Kier molecular flexibility index (Phi) is 5.29. The van der Waals surface area contributed by atoms with E-state index in [2.05, 4.69) is 15.5 Å². The fourth-order valence-electron chi connectivity index (χ4n) is 1.94. The zero-order valence-corrected chi connectivity index (χ0v) is 12.7. The number of carbonyl (C=O) groups is 2. The molecular formula is C15H17N3O5. The van der Waals surface area contributed by atoms with Gasteiger partial charge in [-0.25, -0.2) is 4.79 Å². The Hall–Kier alpha value is -2.90. The first-order valence-corrected chi connectivity index (χ1v) is 6.99. The van der Waals surface area contributed by atoms with Crippen molar-refractivity contribution in [1.29, 1.82) is 0 Å². The Morgan fingerprint density at radius 1 is 1.39 bits per heavy atom. The molecule has 0 aliphatic rings. The van der Waals surface area contributed by atoms with E-state index in [0.29, 0.717) is 17.1 Å². The molecule has 0 aliphatic heterocycles. The van der Waals surface area contributed by atoms with E-state index in [4.69, 9.17) is 14.4 Å². The number of carboxylic acids is 1. The molecule has 1 heterocycles. The van der Waals surface area contributed by atoms with Gasteiger partial charge >= 0.3 is 5.97 Å². The number of hydrogen-bond acceptors (Lipinski definition) is 6. The van der Waals surface area contributed by atoms with E-state index in [1.807, 2.05) is 13.8 Å². The van der Waals surface area contributed by atoms with Crippen molar-refractivity contribution in [3.8, 4) is 5.75 Å². The van der Waals surface area contributed by atoms with E-state index in [-0.39, 0.29) is 11.8 Å². The number of ether oxygens (including phenoxy) is 1. The molecule has 1 unspecified atom stereocenters. The largest absolute Gasteiger partial charge is 0.482 e. The van der Waals surface area contributed by atoms with Crippen LogP contribution in [0.3, 0.4) is 0 Å². The van der Waals surface area contributed by atoms with Gasteiger partial charge in [-0.1, -0.05) is 25.1 Å². The first kappa shape index (κ1) is 16.5. The Labute approximate surface area is 132 Å². The Morgan fingerprint density at radius 2 is 2.17 bits per heavy atom. The average Bonchev–Trinajstić information content (AvgIpc) is 3.04. The molecule has 1 aromatic carbocycles. The lowest BCUT2D eigenvalue weighted by atomic mass is 10.0. The van der Waals surface area contributed by atoms with E-state index in [0.717, 1.165) is 0 Å². The predicted molar refractivity (Wildman–Crippen MR) is 78.9 cm³/mol. The summed E-state index contributed by atoms with van der Waals surface area (Å²) in [5.41, 5.74) is 0.349. The highest BCUT2D eigenvalue weighted by Gasteiger charge is 2.23. The molecular weight excluding hydrogens is 302 g/mol. The number of hydrogen-bond donors (Lipinski definition) is 2. The van der Waals surface area contributed by atoms with Crippen molar-refractivity contribution in [1.82, 2.24) is 15.5 Å². The Bertz CT molecular complexity index is 670. The van der Waals surface area contributed by atoms with Gasteiger partial charge in [-0.15, -0.1) is 0 Å². The molecule has 0 bridgehead atoms. The lowest BCUT2D eigenvalue weighted by Crippen LogP contribution is -2.32. The summed E-state index contributed by atoms with van der Waals surface area (Å²) in [7, 11) is 0. The molecule has 8 nitrogen and oxygen atoms in total. The third kappa shape index (κ3) is 4.53. The van der Waals surface area contributed by atoms with E-state index in [9.17, 15) is 9.59 Å². The van der Waals surface area contributed by atoms with Crippen LogP contribution in [0.4, 0.5) is 0 Å². The molecule has 0 aliphatic carbocycles. The maximum atomic E-state index is 12.4. The summed E-state index contributed by atoms with van der Waals surface area (Å²) < 4.78 is 9.78. The third-order valence-corrected chi connectivity index (χ3v) is 3.07. The number of amides is 1. The zero-order valence-electron chi connectivity index (χ0n) is 12.7. The number of carboxylic acid groups (broad SMARTS) is 1. The normalized spacial score (nSPS) is 12.0. The second-order valence-corrected chi connectivity index (χ2v) is 5.19. The standard InChI is InChI=1S/C15H17N3O5/c1-9(2)13(14-16-8-23-18-14)17-15(21)10-4-3-5-11(6-10)22-7-12(19)20/h3-6,8-9,13H,7H2,1-2H3,(H,17,21)(H,19,20). The van der Waals surface area contributed by atoms with Gasteiger partial charge in [-0.3, -0.25) is 4.79 Å². The number of aliphatic carboxylic acids is 1. The second kappa shape index (κ2) is 7.39. The number of carbonyl (C=O) groups excluding carboxylic acids is 1. The maximum Gasteiger partial charge on any atom is 0.341 e. The molecule has 1 amide bonds. The van der Waals surface area contributed by atoms with E-state index >= 15 is 0 Å². The van der Waals surface area contributed by atoms with E-state index < -0.39 is 18.6 Å². The lowest BCUT2D eigenvalue weighted by molar-refractivity contribution is -0.139. The number of rotatable bonds is 7. The van der Waals surface area contributed by atoms with Crippen molar-refractivity contribution in [3.05, 3.63) is 42.0 Å². The quantitative estimate of drug-likeness (QED) is 0.797. The molecule has 0 saturated carbocycles. The van der Waals surface area contributed by atoms with Crippen molar-refractivity contribution < 1.29 is 24.0 Å². The SMILES string of the molecule is CC(C)C(NC(=O)c1cccc(OCC(=O)O)c1)c1ncon1. The van der Waals surface area contributed by atoms with Crippen molar-refractivity contribution >= 4 is 11.9 Å². The maximum absolute atomic E-state index is 12.4. The highest BCUT2D eigenvalue weighted by Crippen LogP contribution is 2.20. The van der Waals surface area contributed by atoms with Gasteiger partial charge in [0.1, 0.15) is 5.75 Å². The van der Waals surface area contributed by atoms with Gasteiger partial charge in [0.05, 0.1) is 6.04 Å². The van der Waals surface area contributed by atoms with Crippen LogP contribution in [-0.4, -0.2) is 33.7 Å². The number of benzene rings is 1. The molecule has 1 atom stereocenters. The second-order valence-electron chi connectivity index (χ2n) is 5.19. The molecule has 23 heavy (non-hydrogen) atoms. The summed E-state index contributed by atoms with van der Waals surface area (Å²) in [4.78, 5) is 26.9. The van der Waals surface area contributed by atoms with Crippen LogP contribution in [0.1, 0.15) is 36.1 Å². The number of nitrogens with one attached hydrogen (secondary N) is 1. The zero-order chi connectivity index (χ0) is 16.8. The van der Waals surface area contributed by atoms with Crippen LogP contribution in [0, 0.1) is 5.92 Å². The number of aromatic nitrogens is 2. The predicted octanol–water partition coefficient (Wildman–Crippen LogP) is 1.66. The minimum absolute atomic E-state index is 0.0583. The molecule has 122 valence electrons. The van der Waals surface area contributed by atoms with Crippen molar-refractivity contribution in [2.24, 2.45) is 5.92 Å². The summed E-state index contributed by atoms with van der Waals surface area (Å²) in [6.07, 6.45) is 1.21. The van der Waals surface area contributed by atoms with Crippen molar-refractivity contribution in [3.63, 3.8) is 0 Å². The fraction of sp³-hybridized carbons (Fsp3) is 0.333. The third-order valence-electron chi connectivity index (χ3n) is 3.07. The monoisotopic (exact) mass is 319 g/mol. The van der Waals surface area contributed by atoms with E-state index in [1.54, 1.807) is 18.2 Å². The van der Waals surface area contributed by atoms with Gasteiger partial charge in [0.25, 0.3) is 5.91 Å². The average molecular weight is 319 g/mol.